The first kappa shape index (κ1) is 27.5. The van der Waals surface area contributed by atoms with Crippen LogP contribution in [0.25, 0.3) is 5.52 Å². The molecule has 0 radical (unpaired) electrons. The minimum atomic E-state index is -5.16. The topological polar surface area (TPSA) is 95.9 Å². The molecule has 2 N–H and O–H groups in total. The maximum Gasteiger partial charge on any atom is 0.490 e. The monoisotopic (exact) mass is 550 g/mol. The number of aromatic nitrogens is 2. The maximum atomic E-state index is 14.5. The van der Waals surface area contributed by atoms with Crippen molar-refractivity contribution in [3.8, 4) is 0 Å². The van der Waals surface area contributed by atoms with Crippen LogP contribution >= 0.6 is 23.2 Å². The molecule has 2 heterocycles. The summed E-state index contributed by atoms with van der Waals surface area (Å²) in [6.07, 6.45) is -5.07. The van der Waals surface area contributed by atoms with E-state index in [1.165, 1.54) is 42.9 Å². The number of rotatable bonds is 8. The molecular formula is C22H20Cl2F4N4O4. The predicted molar refractivity (Wildman–Crippen MR) is 124 cm³/mol. The number of amides is 1. The van der Waals surface area contributed by atoms with Crippen molar-refractivity contribution in [3.63, 3.8) is 0 Å². The number of aromatic amines is 1. The van der Waals surface area contributed by atoms with Crippen LogP contribution in [0.5, 0.6) is 0 Å². The molecule has 0 saturated carbocycles. The third-order valence-corrected chi connectivity index (χ3v) is 6.07. The number of fused-ring (bicyclic) bond motifs is 1. The fourth-order valence-corrected chi connectivity index (χ4v) is 3.90. The summed E-state index contributed by atoms with van der Waals surface area (Å²) in [4.78, 5) is 39.6. The van der Waals surface area contributed by atoms with Gasteiger partial charge in [-0.2, -0.15) is 13.2 Å². The van der Waals surface area contributed by atoms with Crippen LogP contribution in [0.15, 0.2) is 35.3 Å². The minimum absolute atomic E-state index is 0.122. The number of benzene rings is 1. The molecule has 3 rings (SSSR count). The number of hydrogen-bond acceptors (Lipinski definition) is 5. The Morgan fingerprint density at radius 2 is 1.94 bits per heavy atom. The van der Waals surface area contributed by atoms with Crippen LogP contribution in [0, 0.1) is 5.82 Å². The molecule has 2 aromatic heterocycles. The Labute approximate surface area is 211 Å². The second-order valence-corrected chi connectivity index (χ2v) is 8.56. The summed E-state index contributed by atoms with van der Waals surface area (Å²) in [5.41, 5.74) is 0.550. The molecule has 36 heavy (non-hydrogen) atoms. The molecule has 1 unspecified atom stereocenters. The zero-order chi connectivity index (χ0) is 26.8. The summed E-state index contributed by atoms with van der Waals surface area (Å²) in [5, 5.41) is 2.70. The Hall–Kier alpha value is -3.09. The van der Waals surface area contributed by atoms with Crippen molar-refractivity contribution in [3.05, 3.63) is 73.6 Å². The first-order chi connectivity index (χ1) is 16.8. The lowest BCUT2D eigenvalue weighted by Crippen LogP contribution is -2.39. The smallest absolute Gasteiger partial charge is 0.440 e. The van der Waals surface area contributed by atoms with Crippen molar-refractivity contribution in [1.82, 2.24) is 19.6 Å². The van der Waals surface area contributed by atoms with Crippen molar-refractivity contribution in [1.29, 1.82) is 0 Å². The Bertz CT molecular complexity index is 1360. The van der Waals surface area contributed by atoms with Crippen LogP contribution in [0.3, 0.4) is 0 Å². The minimum Gasteiger partial charge on any atom is -0.440 e. The van der Waals surface area contributed by atoms with Crippen molar-refractivity contribution < 1.29 is 31.9 Å². The average Bonchev–Trinajstić information content (AvgIpc) is 3.13. The highest BCUT2D eigenvalue weighted by molar-refractivity contribution is 6.42. The molecule has 194 valence electrons. The molecule has 3 aromatic rings. The van der Waals surface area contributed by atoms with Crippen molar-refractivity contribution in [2.24, 2.45) is 0 Å². The molecular weight excluding hydrogens is 531 g/mol. The van der Waals surface area contributed by atoms with Crippen molar-refractivity contribution in [2.75, 3.05) is 20.6 Å². The summed E-state index contributed by atoms with van der Waals surface area (Å²) in [6.45, 7) is -0.142. The predicted octanol–water partition coefficient (Wildman–Crippen LogP) is 3.78. The highest BCUT2D eigenvalue weighted by Crippen LogP contribution is 2.27. The highest BCUT2D eigenvalue weighted by Gasteiger charge is 2.42. The van der Waals surface area contributed by atoms with Gasteiger partial charge in [0.15, 0.2) is 6.23 Å². The highest BCUT2D eigenvalue weighted by atomic mass is 35.5. The molecule has 0 aliphatic rings. The van der Waals surface area contributed by atoms with Gasteiger partial charge >= 0.3 is 12.1 Å². The van der Waals surface area contributed by atoms with E-state index in [0.717, 1.165) is 11.0 Å². The van der Waals surface area contributed by atoms with Gasteiger partial charge in [0.2, 0.25) is 0 Å². The summed E-state index contributed by atoms with van der Waals surface area (Å²) in [7, 11) is 2.62. The van der Waals surface area contributed by atoms with E-state index in [9.17, 15) is 31.9 Å². The number of esters is 1. The zero-order valence-electron chi connectivity index (χ0n) is 18.9. The molecule has 0 saturated heterocycles. The van der Waals surface area contributed by atoms with Gasteiger partial charge in [-0.05, 0) is 30.8 Å². The zero-order valence-corrected chi connectivity index (χ0v) is 20.4. The Morgan fingerprint density at radius 3 is 2.58 bits per heavy atom. The molecule has 14 heteroatoms. The van der Waals surface area contributed by atoms with Gasteiger partial charge < -0.3 is 14.6 Å². The number of nitrogens with zero attached hydrogens (tertiary/aromatic N) is 2. The second kappa shape index (κ2) is 10.9. The van der Waals surface area contributed by atoms with E-state index in [4.69, 9.17) is 23.2 Å². The van der Waals surface area contributed by atoms with E-state index in [2.05, 4.69) is 15.0 Å². The second-order valence-electron chi connectivity index (χ2n) is 7.80. The molecule has 1 amide bonds. The van der Waals surface area contributed by atoms with E-state index in [-0.39, 0.29) is 40.6 Å². The molecule has 0 fully saturated rings. The van der Waals surface area contributed by atoms with E-state index in [1.807, 2.05) is 0 Å². The first-order valence-corrected chi connectivity index (χ1v) is 11.1. The third kappa shape index (κ3) is 6.00. The lowest BCUT2D eigenvalue weighted by atomic mass is 10.0. The van der Waals surface area contributed by atoms with Gasteiger partial charge in [-0.15, -0.1) is 0 Å². The van der Waals surface area contributed by atoms with Crippen LogP contribution < -0.4 is 10.9 Å². The molecule has 1 aromatic carbocycles. The van der Waals surface area contributed by atoms with E-state index in [1.54, 1.807) is 0 Å². The molecule has 0 spiro atoms. The SMILES string of the molecule is CNC(CCN(C)C(=O)c1cc(Cc2c[nH]c(=O)c3cc(Cl)c(Cl)n23)ccc1F)OC(=O)C(F)(F)F. The normalized spacial score (nSPS) is 12.6. The van der Waals surface area contributed by atoms with Gasteiger partial charge in [-0.1, -0.05) is 29.3 Å². The quantitative estimate of drug-likeness (QED) is 0.253. The summed E-state index contributed by atoms with van der Waals surface area (Å²) >= 11 is 12.3. The molecule has 0 aliphatic carbocycles. The van der Waals surface area contributed by atoms with Gasteiger partial charge in [-0.25, -0.2) is 9.18 Å². The van der Waals surface area contributed by atoms with Crippen molar-refractivity contribution in [2.45, 2.75) is 25.2 Å². The maximum absolute atomic E-state index is 14.5. The number of hydrogen-bond donors (Lipinski definition) is 2. The average molecular weight is 551 g/mol. The van der Waals surface area contributed by atoms with Gasteiger partial charge in [0.05, 0.1) is 10.6 Å². The fourth-order valence-electron chi connectivity index (χ4n) is 3.45. The van der Waals surface area contributed by atoms with Gasteiger partial charge in [0.25, 0.3) is 11.5 Å². The van der Waals surface area contributed by atoms with E-state index < -0.39 is 35.7 Å². The number of carbonyl (C=O) groups excluding carboxylic acids is 2. The van der Waals surface area contributed by atoms with Gasteiger partial charge in [0.1, 0.15) is 16.5 Å². The van der Waals surface area contributed by atoms with Crippen molar-refractivity contribution >= 4 is 40.6 Å². The third-order valence-electron chi connectivity index (χ3n) is 5.31. The van der Waals surface area contributed by atoms with E-state index >= 15 is 0 Å². The molecule has 0 bridgehead atoms. The standard InChI is InChI=1S/C22H20Cl2F4N4O4/c1-29-17(36-21(35)22(26,27)28)5-6-31(2)20(34)13-8-11(3-4-15(13)25)7-12-10-30-19(33)16-9-14(23)18(24)32(12)16/h3-4,8-10,17,29H,5-7H2,1-2H3,(H,30,33). The van der Waals surface area contributed by atoms with Gasteiger partial charge in [-0.3, -0.25) is 19.3 Å². The number of nitrogens with one attached hydrogen (secondary N) is 2. The molecule has 1 atom stereocenters. The largest absolute Gasteiger partial charge is 0.490 e. The summed E-state index contributed by atoms with van der Waals surface area (Å²) in [5.74, 6) is -3.91. The fraction of sp³-hybridized carbons (Fsp3) is 0.318. The number of ether oxygens (including phenoxy) is 1. The lowest BCUT2D eigenvalue weighted by molar-refractivity contribution is -0.206. The lowest BCUT2D eigenvalue weighted by Gasteiger charge is -2.22. The van der Waals surface area contributed by atoms with E-state index in [0.29, 0.717) is 11.3 Å². The number of alkyl halides is 3. The summed E-state index contributed by atoms with van der Waals surface area (Å²) < 4.78 is 57.6. The number of halogens is 6. The first-order valence-electron chi connectivity index (χ1n) is 10.4. The van der Waals surface area contributed by atoms with Crippen LogP contribution in [0.4, 0.5) is 17.6 Å². The van der Waals surface area contributed by atoms with Crippen LogP contribution in [-0.2, 0) is 16.0 Å². The molecule has 8 nitrogen and oxygen atoms in total. The number of carbonyl (C=O) groups is 2. The van der Waals surface area contributed by atoms with Crippen LogP contribution in [0.2, 0.25) is 10.2 Å². The Morgan fingerprint density at radius 1 is 1.25 bits per heavy atom. The Balaban J connectivity index is 1.77. The molecule has 0 aliphatic heterocycles. The van der Waals surface area contributed by atoms with Gasteiger partial charge in [0, 0.05) is 38.3 Å². The number of H-pyrrole nitrogens is 1. The summed E-state index contributed by atoms with van der Waals surface area (Å²) in [6, 6.07) is 5.29. The van der Waals surface area contributed by atoms with Crippen LogP contribution in [0.1, 0.15) is 28.0 Å². The van der Waals surface area contributed by atoms with Crippen LogP contribution in [-0.4, -0.2) is 59.2 Å². The Kier molecular flexibility index (Phi) is 8.32.